The molecular formula is C14H9F3N2O2. The summed E-state index contributed by atoms with van der Waals surface area (Å²) in [7, 11) is 0. The SMILES string of the molecule is O=c1[nH]c2ccc(Nc3cccc(C(F)(F)F)c3)cc2o1. The molecule has 0 aliphatic carbocycles. The van der Waals surface area contributed by atoms with E-state index in [0.717, 1.165) is 12.1 Å². The maximum atomic E-state index is 12.6. The minimum Gasteiger partial charge on any atom is -0.408 e. The van der Waals surface area contributed by atoms with Gasteiger partial charge in [0, 0.05) is 17.4 Å². The number of H-pyrrole nitrogens is 1. The first-order valence-corrected chi connectivity index (χ1v) is 5.99. The lowest BCUT2D eigenvalue weighted by Crippen LogP contribution is -2.05. The summed E-state index contributed by atoms with van der Waals surface area (Å²) in [6.45, 7) is 0. The summed E-state index contributed by atoms with van der Waals surface area (Å²) in [6, 6.07) is 9.63. The number of aromatic amines is 1. The van der Waals surface area contributed by atoms with E-state index in [1.165, 1.54) is 18.2 Å². The Morgan fingerprint density at radius 1 is 1.05 bits per heavy atom. The molecule has 0 saturated heterocycles. The molecule has 1 heterocycles. The molecule has 1 aromatic heterocycles. The molecule has 0 fully saturated rings. The average molecular weight is 294 g/mol. The molecule has 0 amide bonds. The third-order valence-corrected chi connectivity index (χ3v) is 2.90. The Morgan fingerprint density at radius 3 is 2.57 bits per heavy atom. The highest BCUT2D eigenvalue weighted by molar-refractivity contribution is 5.78. The van der Waals surface area contributed by atoms with Gasteiger partial charge in [0.2, 0.25) is 0 Å². The fourth-order valence-corrected chi connectivity index (χ4v) is 1.96. The van der Waals surface area contributed by atoms with E-state index in [1.807, 2.05) is 0 Å². The molecule has 4 nitrogen and oxygen atoms in total. The minimum absolute atomic E-state index is 0.294. The van der Waals surface area contributed by atoms with Crippen molar-refractivity contribution in [1.29, 1.82) is 0 Å². The third-order valence-electron chi connectivity index (χ3n) is 2.90. The van der Waals surface area contributed by atoms with Gasteiger partial charge in [0.25, 0.3) is 0 Å². The molecule has 2 aromatic carbocycles. The number of fused-ring (bicyclic) bond motifs is 1. The molecule has 0 aliphatic rings. The van der Waals surface area contributed by atoms with E-state index in [9.17, 15) is 18.0 Å². The summed E-state index contributed by atoms with van der Waals surface area (Å²) < 4.78 is 42.8. The number of halogens is 3. The van der Waals surface area contributed by atoms with Gasteiger partial charge in [-0.3, -0.25) is 4.98 Å². The standard InChI is InChI=1S/C14H9F3N2O2/c15-14(16,17)8-2-1-3-9(6-8)18-10-4-5-11-12(7-10)21-13(20)19-11/h1-7,18H,(H,19,20). The van der Waals surface area contributed by atoms with Crippen molar-refractivity contribution in [1.82, 2.24) is 4.98 Å². The first-order valence-electron chi connectivity index (χ1n) is 5.99. The summed E-state index contributed by atoms with van der Waals surface area (Å²) in [6.07, 6.45) is -4.39. The summed E-state index contributed by atoms with van der Waals surface area (Å²) in [5.74, 6) is -0.582. The number of benzene rings is 2. The highest BCUT2D eigenvalue weighted by atomic mass is 19.4. The number of nitrogens with one attached hydrogen (secondary N) is 2. The molecule has 0 spiro atoms. The normalized spacial score (nSPS) is 11.8. The monoisotopic (exact) mass is 294 g/mol. The zero-order valence-electron chi connectivity index (χ0n) is 10.5. The number of hydrogen-bond acceptors (Lipinski definition) is 3. The van der Waals surface area contributed by atoms with Gasteiger partial charge in [0.15, 0.2) is 5.58 Å². The quantitative estimate of drug-likeness (QED) is 0.754. The van der Waals surface area contributed by atoms with Gasteiger partial charge in [-0.1, -0.05) is 6.07 Å². The van der Waals surface area contributed by atoms with Crippen LogP contribution in [0.1, 0.15) is 5.56 Å². The lowest BCUT2D eigenvalue weighted by atomic mass is 10.2. The van der Waals surface area contributed by atoms with Crippen LogP contribution in [0.2, 0.25) is 0 Å². The Bertz CT molecular complexity index is 849. The molecule has 0 bridgehead atoms. The fourth-order valence-electron chi connectivity index (χ4n) is 1.96. The Labute approximate surface area is 116 Å². The number of alkyl halides is 3. The van der Waals surface area contributed by atoms with Crippen molar-refractivity contribution < 1.29 is 17.6 Å². The highest BCUT2D eigenvalue weighted by Crippen LogP contribution is 2.31. The van der Waals surface area contributed by atoms with Crippen LogP contribution in [0, 0.1) is 0 Å². The maximum Gasteiger partial charge on any atom is 0.417 e. The van der Waals surface area contributed by atoms with E-state index < -0.39 is 17.5 Å². The number of oxazole rings is 1. The van der Waals surface area contributed by atoms with Gasteiger partial charge in [0.1, 0.15) is 0 Å². The number of anilines is 2. The topological polar surface area (TPSA) is 58.0 Å². The van der Waals surface area contributed by atoms with Crippen LogP contribution in [0.4, 0.5) is 24.5 Å². The van der Waals surface area contributed by atoms with Crippen molar-refractivity contribution >= 4 is 22.5 Å². The van der Waals surface area contributed by atoms with Crippen LogP contribution in [-0.2, 0) is 6.18 Å². The third kappa shape index (κ3) is 2.76. The van der Waals surface area contributed by atoms with Crippen LogP contribution in [0.3, 0.4) is 0 Å². The maximum absolute atomic E-state index is 12.6. The summed E-state index contributed by atoms with van der Waals surface area (Å²) in [5.41, 5.74) is 0.931. The van der Waals surface area contributed by atoms with Crippen LogP contribution < -0.4 is 11.1 Å². The molecule has 0 unspecified atom stereocenters. The summed E-state index contributed by atoms with van der Waals surface area (Å²) in [4.78, 5) is 13.5. The molecule has 2 N–H and O–H groups in total. The van der Waals surface area contributed by atoms with E-state index in [-0.39, 0.29) is 0 Å². The molecule has 3 aromatic rings. The molecule has 3 rings (SSSR count). The predicted molar refractivity (Wildman–Crippen MR) is 71.6 cm³/mol. The molecule has 0 saturated carbocycles. The van der Waals surface area contributed by atoms with Crippen LogP contribution >= 0.6 is 0 Å². The Balaban J connectivity index is 1.92. The van der Waals surface area contributed by atoms with E-state index in [4.69, 9.17) is 4.42 Å². The van der Waals surface area contributed by atoms with Crippen LogP contribution in [0.5, 0.6) is 0 Å². The smallest absolute Gasteiger partial charge is 0.408 e. The molecule has 7 heteroatoms. The number of rotatable bonds is 2. The highest BCUT2D eigenvalue weighted by Gasteiger charge is 2.30. The average Bonchev–Trinajstić information content (AvgIpc) is 2.77. The van der Waals surface area contributed by atoms with E-state index in [1.54, 1.807) is 12.1 Å². The Hall–Kier alpha value is -2.70. The second-order valence-electron chi connectivity index (χ2n) is 4.43. The first kappa shape index (κ1) is 13.3. The second kappa shape index (κ2) is 4.69. The summed E-state index contributed by atoms with van der Waals surface area (Å²) >= 11 is 0. The predicted octanol–water partition coefficient (Wildman–Crippen LogP) is 3.88. The number of hydrogen-bond donors (Lipinski definition) is 2. The van der Waals surface area contributed by atoms with Crippen molar-refractivity contribution in [3.8, 4) is 0 Å². The van der Waals surface area contributed by atoms with Gasteiger partial charge < -0.3 is 9.73 Å². The van der Waals surface area contributed by atoms with Crippen molar-refractivity contribution in [2.24, 2.45) is 0 Å². The Kier molecular flexibility index (Phi) is 2.97. The van der Waals surface area contributed by atoms with Gasteiger partial charge in [-0.05, 0) is 30.3 Å². The lowest BCUT2D eigenvalue weighted by molar-refractivity contribution is -0.137. The molecule has 21 heavy (non-hydrogen) atoms. The van der Waals surface area contributed by atoms with Crippen molar-refractivity contribution in [2.75, 3.05) is 5.32 Å². The van der Waals surface area contributed by atoms with Crippen LogP contribution in [-0.4, -0.2) is 4.98 Å². The van der Waals surface area contributed by atoms with Gasteiger partial charge in [-0.2, -0.15) is 13.2 Å². The van der Waals surface area contributed by atoms with Gasteiger partial charge in [0.05, 0.1) is 11.1 Å². The largest absolute Gasteiger partial charge is 0.417 e. The lowest BCUT2D eigenvalue weighted by Gasteiger charge is -2.10. The number of aromatic nitrogens is 1. The van der Waals surface area contributed by atoms with Crippen LogP contribution in [0.25, 0.3) is 11.1 Å². The van der Waals surface area contributed by atoms with Crippen molar-refractivity contribution in [3.05, 3.63) is 58.6 Å². The minimum atomic E-state index is -4.39. The zero-order valence-corrected chi connectivity index (χ0v) is 10.5. The van der Waals surface area contributed by atoms with E-state index in [0.29, 0.717) is 22.5 Å². The molecule has 0 atom stereocenters. The van der Waals surface area contributed by atoms with Gasteiger partial charge >= 0.3 is 11.9 Å². The zero-order chi connectivity index (χ0) is 15.0. The van der Waals surface area contributed by atoms with Gasteiger partial charge in [-0.25, -0.2) is 4.79 Å². The molecular weight excluding hydrogens is 285 g/mol. The Morgan fingerprint density at radius 2 is 1.81 bits per heavy atom. The first-order chi connectivity index (χ1) is 9.91. The molecule has 0 radical (unpaired) electrons. The van der Waals surface area contributed by atoms with Crippen molar-refractivity contribution in [2.45, 2.75) is 6.18 Å². The van der Waals surface area contributed by atoms with Crippen LogP contribution in [0.15, 0.2) is 51.7 Å². The van der Waals surface area contributed by atoms with E-state index >= 15 is 0 Å². The fraction of sp³-hybridized carbons (Fsp3) is 0.0714. The second-order valence-corrected chi connectivity index (χ2v) is 4.43. The molecule has 108 valence electrons. The summed E-state index contributed by atoms with van der Waals surface area (Å²) in [5, 5.41) is 2.84. The van der Waals surface area contributed by atoms with E-state index in [2.05, 4.69) is 10.3 Å². The van der Waals surface area contributed by atoms with Crippen molar-refractivity contribution in [3.63, 3.8) is 0 Å². The molecule has 0 aliphatic heterocycles. The van der Waals surface area contributed by atoms with Gasteiger partial charge in [-0.15, -0.1) is 0 Å².